The van der Waals surface area contributed by atoms with Crippen LogP contribution in [0.1, 0.15) is 15.9 Å². The Morgan fingerprint density at radius 2 is 1.90 bits per heavy atom. The Morgan fingerprint density at radius 3 is 2.63 bits per heavy atom. The fourth-order valence-electron chi connectivity index (χ4n) is 3.60. The Bertz CT molecular complexity index is 1150. The summed E-state index contributed by atoms with van der Waals surface area (Å²) in [5.74, 6) is 2.39. The van der Waals surface area contributed by atoms with Gasteiger partial charge in [-0.15, -0.1) is 0 Å². The maximum atomic E-state index is 12.7. The summed E-state index contributed by atoms with van der Waals surface area (Å²) in [6, 6.07) is 18.9. The average Bonchev–Trinajstić information content (AvgIpc) is 3.00. The molecule has 0 aromatic heterocycles. The topological polar surface area (TPSA) is 71.0 Å². The van der Waals surface area contributed by atoms with E-state index in [-0.39, 0.29) is 18.4 Å². The van der Waals surface area contributed by atoms with E-state index < -0.39 is 0 Å². The first-order valence-corrected chi connectivity index (χ1v) is 10.8. The number of nitrogens with one attached hydrogen (secondary N) is 1. The number of anilines is 1. The van der Waals surface area contributed by atoms with Gasteiger partial charge in [-0.05, 0) is 47.3 Å². The second-order valence-electron chi connectivity index (χ2n) is 7.21. The minimum absolute atomic E-state index is 0.0872. The van der Waals surface area contributed by atoms with Gasteiger partial charge in [0.25, 0.3) is 11.8 Å². The molecule has 2 amide bonds. The highest BCUT2D eigenvalue weighted by Gasteiger charge is 2.30. The first-order valence-electron chi connectivity index (χ1n) is 9.69. The van der Waals surface area contributed by atoms with Gasteiger partial charge in [-0.25, -0.2) is 5.43 Å². The van der Waals surface area contributed by atoms with Crippen LogP contribution < -0.4 is 15.1 Å². The van der Waals surface area contributed by atoms with Crippen molar-refractivity contribution in [3.8, 4) is 5.75 Å². The van der Waals surface area contributed by atoms with Crippen LogP contribution in [0.15, 0.2) is 65.8 Å². The molecule has 0 spiro atoms. The van der Waals surface area contributed by atoms with E-state index in [1.165, 1.54) is 4.90 Å². The van der Waals surface area contributed by atoms with Gasteiger partial charge in [0.15, 0.2) is 0 Å². The number of nitrogens with zero attached hydrogens (tertiary/aromatic N) is 2. The molecule has 1 fully saturated rings. The number of hydrazone groups is 1. The third kappa shape index (κ3) is 3.52. The Balaban J connectivity index is 1.21. The lowest BCUT2D eigenvalue weighted by molar-refractivity contribution is -0.119. The maximum Gasteiger partial charge on any atom is 0.260 e. The predicted molar refractivity (Wildman–Crippen MR) is 120 cm³/mol. The molecule has 0 aliphatic carbocycles. The van der Waals surface area contributed by atoms with E-state index in [0.717, 1.165) is 39.3 Å². The number of amides is 2. The van der Waals surface area contributed by atoms with E-state index in [9.17, 15) is 9.59 Å². The van der Waals surface area contributed by atoms with Crippen LogP contribution in [-0.2, 0) is 4.79 Å². The molecule has 5 rings (SSSR count). The van der Waals surface area contributed by atoms with Gasteiger partial charge in [0, 0.05) is 22.5 Å². The van der Waals surface area contributed by atoms with Crippen LogP contribution in [0.5, 0.6) is 5.75 Å². The van der Waals surface area contributed by atoms with E-state index in [4.69, 9.17) is 4.74 Å². The first kappa shape index (κ1) is 18.7. The molecule has 0 saturated carbocycles. The molecular formula is C23H19N3O3S. The van der Waals surface area contributed by atoms with Crippen molar-refractivity contribution in [3.05, 3.63) is 71.8 Å². The number of hydrogen-bond acceptors (Lipinski definition) is 5. The van der Waals surface area contributed by atoms with Gasteiger partial charge in [-0.1, -0.05) is 24.3 Å². The van der Waals surface area contributed by atoms with Gasteiger partial charge in [0.05, 0.1) is 11.9 Å². The largest absolute Gasteiger partial charge is 0.489 e. The fourth-order valence-corrected chi connectivity index (χ4v) is 4.17. The van der Waals surface area contributed by atoms with Crippen LogP contribution in [-0.4, -0.2) is 42.2 Å². The standard InChI is InChI=1S/C23H19N3O3S/c27-21(25-24-11-15-7-9-17(10-8-15)29-18-13-30-14-18)12-26-20-6-2-4-16-3-1-5-19(22(16)20)23(26)28/h1-11,18H,12-14H2,(H,25,27)/b24-11+. The van der Waals surface area contributed by atoms with E-state index in [2.05, 4.69) is 10.5 Å². The third-order valence-corrected chi connectivity index (χ3v) is 6.36. The summed E-state index contributed by atoms with van der Waals surface area (Å²) in [5.41, 5.74) is 4.74. The molecule has 3 aromatic rings. The minimum atomic E-state index is -0.355. The Hall–Kier alpha value is -3.32. The predicted octanol–water partition coefficient (Wildman–Crippen LogP) is 3.44. The van der Waals surface area contributed by atoms with E-state index in [1.54, 1.807) is 12.3 Å². The van der Waals surface area contributed by atoms with Gasteiger partial charge in [-0.2, -0.15) is 16.9 Å². The molecule has 0 unspecified atom stereocenters. The molecule has 1 saturated heterocycles. The third-order valence-electron chi connectivity index (χ3n) is 5.14. The summed E-state index contributed by atoms with van der Waals surface area (Å²) >= 11 is 1.88. The number of benzene rings is 3. The summed E-state index contributed by atoms with van der Waals surface area (Å²) in [5, 5.41) is 5.90. The second-order valence-corrected chi connectivity index (χ2v) is 8.29. The number of thioether (sulfide) groups is 1. The van der Waals surface area contributed by atoms with Crippen LogP contribution in [0.4, 0.5) is 5.69 Å². The van der Waals surface area contributed by atoms with E-state index in [0.29, 0.717) is 11.7 Å². The number of rotatable bonds is 6. The van der Waals surface area contributed by atoms with Crippen LogP contribution in [0.2, 0.25) is 0 Å². The van der Waals surface area contributed by atoms with Crippen molar-refractivity contribution < 1.29 is 14.3 Å². The molecule has 1 N–H and O–H groups in total. The fraction of sp³-hybridized carbons (Fsp3) is 0.174. The summed E-state index contributed by atoms with van der Waals surface area (Å²) in [7, 11) is 0. The quantitative estimate of drug-likeness (QED) is 0.493. The molecule has 0 atom stereocenters. The molecule has 3 aromatic carbocycles. The van der Waals surface area contributed by atoms with Crippen LogP contribution in [0, 0.1) is 0 Å². The highest BCUT2D eigenvalue weighted by molar-refractivity contribution is 8.00. The molecule has 0 radical (unpaired) electrons. The Labute approximate surface area is 177 Å². The lowest BCUT2D eigenvalue weighted by atomic mass is 10.1. The SMILES string of the molecule is O=C(CN1C(=O)c2cccc3cccc1c23)N/N=C/c1ccc(OC2CSC2)cc1. The van der Waals surface area contributed by atoms with E-state index >= 15 is 0 Å². The van der Waals surface area contributed by atoms with E-state index in [1.807, 2.05) is 66.4 Å². The summed E-state index contributed by atoms with van der Waals surface area (Å²) in [6.45, 7) is -0.0872. The van der Waals surface area contributed by atoms with Crippen molar-refractivity contribution in [2.45, 2.75) is 6.10 Å². The molecule has 2 aliphatic rings. The van der Waals surface area contributed by atoms with Gasteiger partial charge < -0.3 is 4.74 Å². The minimum Gasteiger partial charge on any atom is -0.489 e. The van der Waals surface area contributed by atoms with Crippen molar-refractivity contribution in [1.29, 1.82) is 0 Å². The number of hydrogen-bond donors (Lipinski definition) is 1. The van der Waals surface area contributed by atoms with Crippen LogP contribution in [0.25, 0.3) is 10.8 Å². The maximum absolute atomic E-state index is 12.7. The summed E-state index contributed by atoms with van der Waals surface area (Å²) < 4.78 is 5.81. The molecular weight excluding hydrogens is 398 g/mol. The van der Waals surface area contributed by atoms with Crippen molar-refractivity contribution in [2.75, 3.05) is 23.0 Å². The second kappa shape index (κ2) is 7.84. The van der Waals surface area contributed by atoms with Gasteiger partial charge in [0.1, 0.15) is 18.4 Å². The van der Waals surface area contributed by atoms with Crippen molar-refractivity contribution in [3.63, 3.8) is 0 Å². The van der Waals surface area contributed by atoms with Crippen molar-refractivity contribution in [2.24, 2.45) is 5.10 Å². The number of carbonyl (C=O) groups is 2. The molecule has 6 nitrogen and oxygen atoms in total. The highest BCUT2D eigenvalue weighted by Crippen LogP contribution is 2.36. The van der Waals surface area contributed by atoms with Crippen LogP contribution >= 0.6 is 11.8 Å². The average molecular weight is 417 g/mol. The lowest BCUT2D eigenvalue weighted by Gasteiger charge is -2.25. The molecule has 30 heavy (non-hydrogen) atoms. The number of ether oxygens (including phenoxy) is 1. The first-order chi connectivity index (χ1) is 14.7. The van der Waals surface area contributed by atoms with Gasteiger partial charge >= 0.3 is 0 Å². The van der Waals surface area contributed by atoms with Crippen molar-refractivity contribution in [1.82, 2.24) is 5.43 Å². The Kier molecular flexibility index (Phi) is 4.88. The summed E-state index contributed by atoms with van der Waals surface area (Å²) in [6.07, 6.45) is 1.88. The van der Waals surface area contributed by atoms with Crippen molar-refractivity contribution >= 4 is 46.3 Å². The summed E-state index contributed by atoms with van der Waals surface area (Å²) in [4.78, 5) is 26.6. The van der Waals surface area contributed by atoms with Crippen LogP contribution in [0.3, 0.4) is 0 Å². The molecule has 2 heterocycles. The zero-order valence-corrected chi connectivity index (χ0v) is 16.9. The number of carbonyl (C=O) groups excluding carboxylic acids is 2. The van der Waals surface area contributed by atoms with Gasteiger partial charge in [-0.3, -0.25) is 14.5 Å². The molecule has 150 valence electrons. The molecule has 7 heteroatoms. The zero-order chi connectivity index (χ0) is 20.5. The lowest BCUT2D eigenvalue weighted by Crippen LogP contribution is -2.37. The highest BCUT2D eigenvalue weighted by atomic mass is 32.2. The smallest absolute Gasteiger partial charge is 0.260 e. The zero-order valence-electron chi connectivity index (χ0n) is 16.1. The molecule has 0 bridgehead atoms. The van der Waals surface area contributed by atoms with Gasteiger partial charge in [0.2, 0.25) is 0 Å². The molecule has 2 aliphatic heterocycles. The monoisotopic (exact) mass is 417 g/mol. The Morgan fingerprint density at radius 1 is 1.13 bits per heavy atom. The normalized spacial score (nSPS) is 15.6.